The van der Waals surface area contributed by atoms with E-state index in [0.717, 1.165) is 49.8 Å². The fourth-order valence-electron chi connectivity index (χ4n) is 4.32. The number of quaternary nitrogens is 2. The minimum Gasteiger partial charge on any atom is -0.486 e. The van der Waals surface area contributed by atoms with Crippen LogP contribution >= 0.6 is 0 Å². The van der Waals surface area contributed by atoms with Crippen molar-refractivity contribution in [2.75, 3.05) is 45.9 Å². The molecular formula is C24H33N3O3+2. The van der Waals surface area contributed by atoms with Gasteiger partial charge in [-0.1, -0.05) is 30.3 Å². The van der Waals surface area contributed by atoms with Gasteiger partial charge >= 0.3 is 0 Å². The summed E-state index contributed by atoms with van der Waals surface area (Å²) < 4.78 is 11.2. The van der Waals surface area contributed by atoms with Gasteiger partial charge in [0.1, 0.15) is 45.9 Å². The highest BCUT2D eigenvalue weighted by Gasteiger charge is 2.26. The van der Waals surface area contributed by atoms with Crippen molar-refractivity contribution in [2.45, 2.75) is 26.4 Å². The number of amides is 1. The minimum absolute atomic E-state index is 0.0549. The molecule has 0 aliphatic carbocycles. The topological polar surface area (TPSA) is 56.4 Å². The van der Waals surface area contributed by atoms with Gasteiger partial charge in [-0.15, -0.1) is 0 Å². The summed E-state index contributed by atoms with van der Waals surface area (Å²) in [5.74, 6) is 1.65. The molecule has 1 fully saturated rings. The predicted octanol–water partition coefficient (Wildman–Crippen LogP) is -0.0730. The van der Waals surface area contributed by atoms with Crippen molar-refractivity contribution < 1.29 is 24.1 Å². The van der Waals surface area contributed by atoms with Gasteiger partial charge in [0.25, 0.3) is 5.91 Å². The zero-order valence-corrected chi connectivity index (χ0v) is 18.0. The zero-order valence-electron chi connectivity index (χ0n) is 18.0. The number of fused-ring (bicyclic) bond motifs is 1. The van der Waals surface area contributed by atoms with Crippen molar-refractivity contribution in [3.05, 3.63) is 59.2 Å². The van der Waals surface area contributed by atoms with Crippen LogP contribution in [0.2, 0.25) is 0 Å². The molecule has 3 N–H and O–H groups in total. The number of ether oxygens (including phenoxy) is 2. The number of hydrogen-bond donors (Lipinski definition) is 3. The third kappa shape index (κ3) is 5.12. The van der Waals surface area contributed by atoms with Gasteiger partial charge in [-0.25, -0.2) is 0 Å². The highest BCUT2D eigenvalue weighted by molar-refractivity contribution is 5.77. The monoisotopic (exact) mass is 411 g/mol. The van der Waals surface area contributed by atoms with Crippen LogP contribution in [-0.2, 0) is 11.3 Å². The fraction of sp³-hybridized carbons (Fsp3) is 0.458. The number of aryl methyl sites for hydroxylation is 1. The minimum atomic E-state index is -0.0549. The normalized spacial score (nSPS) is 21.7. The van der Waals surface area contributed by atoms with Crippen LogP contribution in [0.4, 0.5) is 0 Å². The Balaban J connectivity index is 1.23. The van der Waals surface area contributed by atoms with Crippen molar-refractivity contribution >= 4 is 5.91 Å². The van der Waals surface area contributed by atoms with E-state index < -0.39 is 0 Å². The molecule has 30 heavy (non-hydrogen) atoms. The maximum absolute atomic E-state index is 12.6. The van der Waals surface area contributed by atoms with Crippen molar-refractivity contribution in [2.24, 2.45) is 0 Å². The smallest absolute Gasteiger partial charge is 0.275 e. The van der Waals surface area contributed by atoms with Crippen LogP contribution in [0.5, 0.6) is 11.5 Å². The molecule has 6 nitrogen and oxygen atoms in total. The van der Waals surface area contributed by atoms with Gasteiger partial charge in [-0.05, 0) is 37.1 Å². The van der Waals surface area contributed by atoms with Crippen LogP contribution in [0.25, 0.3) is 0 Å². The molecule has 2 aromatic rings. The van der Waals surface area contributed by atoms with E-state index in [2.05, 4.69) is 36.5 Å². The molecule has 2 aromatic carbocycles. The molecular weight excluding hydrogens is 378 g/mol. The lowest BCUT2D eigenvalue weighted by Crippen LogP contribution is -3.28. The van der Waals surface area contributed by atoms with Crippen molar-refractivity contribution in [3.63, 3.8) is 0 Å². The highest BCUT2D eigenvalue weighted by Crippen LogP contribution is 2.32. The Morgan fingerprint density at radius 3 is 2.47 bits per heavy atom. The van der Waals surface area contributed by atoms with Crippen LogP contribution in [-0.4, -0.2) is 51.8 Å². The third-order valence-corrected chi connectivity index (χ3v) is 6.22. The fourth-order valence-corrected chi connectivity index (χ4v) is 4.32. The quantitative estimate of drug-likeness (QED) is 0.624. The molecule has 0 aromatic heterocycles. The van der Waals surface area contributed by atoms with Crippen LogP contribution in [0.15, 0.2) is 42.5 Å². The van der Waals surface area contributed by atoms with Crippen LogP contribution < -0.4 is 24.6 Å². The van der Waals surface area contributed by atoms with Gasteiger partial charge < -0.3 is 24.6 Å². The van der Waals surface area contributed by atoms with E-state index >= 15 is 0 Å². The largest absolute Gasteiger partial charge is 0.486 e. The summed E-state index contributed by atoms with van der Waals surface area (Å²) in [5.41, 5.74) is 3.84. The first kappa shape index (κ1) is 20.7. The van der Waals surface area contributed by atoms with E-state index in [-0.39, 0.29) is 11.9 Å². The Kier molecular flexibility index (Phi) is 6.55. The van der Waals surface area contributed by atoms with Gasteiger partial charge in [0, 0.05) is 5.56 Å². The summed E-state index contributed by atoms with van der Waals surface area (Å²) in [6, 6.07) is 14.5. The first-order chi connectivity index (χ1) is 14.6. The number of carbonyl (C=O) groups is 1. The highest BCUT2D eigenvalue weighted by atomic mass is 16.6. The first-order valence-corrected chi connectivity index (χ1v) is 11.0. The second kappa shape index (κ2) is 9.49. The Labute approximate surface area is 178 Å². The molecule has 1 atom stereocenters. The van der Waals surface area contributed by atoms with E-state index in [4.69, 9.17) is 9.47 Å². The Hall–Kier alpha value is -2.57. The van der Waals surface area contributed by atoms with E-state index in [1.165, 1.54) is 16.0 Å². The lowest BCUT2D eigenvalue weighted by atomic mass is 10.1. The summed E-state index contributed by atoms with van der Waals surface area (Å²) in [5, 5.41) is 3.15. The maximum Gasteiger partial charge on any atom is 0.275 e. The van der Waals surface area contributed by atoms with E-state index in [1.807, 2.05) is 25.1 Å². The average molecular weight is 412 g/mol. The number of hydrogen-bond acceptors (Lipinski definition) is 3. The Bertz CT molecular complexity index is 878. The molecule has 2 aliphatic heterocycles. The summed E-state index contributed by atoms with van der Waals surface area (Å²) in [6.45, 7) is 11.2. The molecule has 160 valence electrons. The molecule has 2 heterocycles. The average Bonchev–Trinajstić information content (AvgIpc) is 2.76. The van der Waals surface area contributed by atoms with Crippen LogP contribution in [0.1, 0.15) is 29.7 Å². The summed E-state index contributed by atoms with van der Waals surface area (Å²) in [7, 11) is 0. The summed E-state index contributed by atoms with van der Waals surface area (Å²) in [4.78, 5) is 15.6. The molecule has 0 unspecified atom stereocenters. The van der Waals surface area contributed by atoms with Gasteiger partial charge in [0.05, 0.1) is 6.04 Å². The van der Waals surface area contributed by atoms with Gasteiger partial charge in [-0.2, -0.15) is 0 Å². The van der Waals surface area contributed by atoms with Gasteiger partial charge in [-0.3, -0.25) is 4.79 Å². The molecule has 6 heteroatoms. The molecule has 0 spiro atoms. The number of nitrogens with one attached hydrogen (secondary N) is 3. The Morgan fingerprint density at radius 1 is 1.00 bits per heavy atom. The maximum atomic E-state index is 12.6. The molecule has 0 radical (unpaired) electrons. The molecule has 0 bridgehead atoms. The van der Waals surface area contributed by atoms with Crippen molar-refractivity contribution in [1.82, 2.24) is 5.32 Å². The number of carbonyl (C=O) groups excluding carboxylic acids is 1. The SMILES string of the molecule is Cc1ccccc1C[NH+]1CC[NH+](CC(=O)N[C@@H](C)c2ccc3c(c2)OCCO3)CC1. The standard InChI is InChI=1S/C24H31N3O3/c1-18-5-3-4-6-21(18)16-26-9-11-27(12-10-26)17-24(28)25-19(2)20-7-8-22-23(15-20)30-14-13-29-22/h3-8,15,19H,9-14,16-17H2,1-2H3,(H,25,28)/p+2/t19-/m0/s1. The van der Waals surface area contributed by atoms with Crippen molar-refractivity contribution in [3.8, 4) is 11.5 Å². The lowest BCUT2D eigenvalue weighted by molar-refractivity contribution is -1.02. The number of benzene rings is 2. The molecule has 1 saturated heterocycles. The third-order valence-electron chi connectivity index (χ3n) is 6.22. The van der Waals surface area contributed by atoms with Gasteiger partial charge in [0.2, 0.25) is 0 Å². The Morgan fingerprint density at radius 2 is 1.70 bits per heavy atom. The number of piperazine rings is 1. The van der Waals surface area contributed by atoms with Gasteiger partial charge in [0.15, 0.2) is 18.0 Å². The summed E-state index contributed by atoms with van der Waals surface area (Å²) in [6.07, 6.45) is 0. The lowest BCUT2D eigenvalue weighted by Gasteiger charge is -2.30. The molecule has 2 aliphatic rings. The van der Waals surface area contributed by atoms with E-state index in [1.54, 1.807) is 4.90 Å². The second-order valence-electron chi connectivity index (χ2n) is 8.47. The molecule has 1 amide bonds. The van der Waals surface area contributed by atoms with Crippen LogP contribution in [0.3, 0.4) is 0 Å². The second-order valence-corrected chi connectivity index (χ2v) is 8.47. The summed E-state index contributed by atoms with van der Waals surface area (Å²) >= 11 is 0. The van der Waals surface area contributed by atoms with Crippen LogP contribution in [0, 0.1) is 6.92 Å². The molecule has 0 saturated carbocycles. The first-order valence-electron chi connectivity index (χ1n) is 11.0. The van der Waals surface area contributed by atoms with E-state index in [0.29, 0.717) is 19.8 Å². The van der Waals surface area contributed by atoms with Crippen molar-refractivity contribution in [1.29, 1.82) is 0 Å². The predicted molar refractivity (Wildman–Crippen MR) is 115 cm³/mol. The zero-order chi connectivity index (χ0) is 20.9. The van der Waals surface area contributed by atoms with E-state index in [9.17, 15) is 4.79 Å². The molecule has 4 rings (SSSR count). The number of rotatable bonds is 6.